The number of carbonyl (C=O) groups excluding carboxylic acids is 1. The van der Waals surface area contributed by atoms with Crippen LogP contribution in [0.3, 0.4) is 0 Å². The lowest BCUT2D eigenvalue weighted by atomic mass is 10.1. The Labute approximate surface area is 141 Å². The van der Waals surface area contributed by atoms with Gasteiger partial charge in [-0.15, -0.1) is 0 Å². The van der Waals surface area contributed by atoms with Gasteiger partial charge in [0.15, 0.2) is 4.96 Å². The third-order valence-corrected chi connectivity index (χ3v) is 5.19. The van der Waals surface area contributed by atoms with Crippen LogP contribution in [0.1, 0.15) is 27.0 Å². The molecule has 0 fully saturated rings. The summed E-state index contributed by atoms with van der Waals surface area (Å²) in [6.45, 7) is 4.08. The fraction of sp³-hybridized carbons (Fsp3) is 0.105. The van der Waals surface area contributed by atoms with Crippen molar-refractivity contribution in [3.05, 3.63) is 73.5 Å². The molecule has 5 heteroatoms. The second kappa shape index (κ2) is 5.39. The molecule has 0 amide bonds. The zero-order valence-electron chi connectivity index (χ0n) is 13.2. The van der Waals surface area contributed by atoms with Crippen molar-refractivity contribution in [2.45, 2.75) is 13.8 Å². The summed E-state index contributed by atoms with van der Waals surface area (Å²) >= 11 is 1.38. The van der Waals surface area contributed by atoms with E-state index in [1.165, 1.54) is 16.9 Å². The SMILES string of the molecule is Cc1cc2nc3sc(=Cc4ccc(C=O)cc4)c(=O)n3c2cc1C. The summed E-state index contributed by atoms with van der Waals surface area (Å²) in [7, 11) is 0. The van der Waals surface area contributed by atoms with Crippen molar-refractivity contribution in [2.24, 2.45) is 0 Å². The third kappa shape index (κ3) is 2.25. The molecule has 0 atom stereocenters. The molecule has 0 saturated carbocycles. The predicted octanol–water partition coefficient (Wildman–Crippen LogP) is 2.89. The van der Waals surface area contributed by atoms with Crippen LogP contribution in [0.4, 0.5) is 0 Å². The van der Waals surface area contributed by atoms with Gasteiger partial charge in [-0.3, -0.25) is 9.59 Å². The average molecular weight is 334 g/mol. The maximum absolute atomic E-state index is 12.8. The first kappa shape index (κ1) is 14.8. The number of nitrogens with zero attached hydrogens (tertiary/aromatic N) is 2. The predicted molar refractivity (Wildman–Crippen MR) is 96.9 cm³/mol. The highest BCUT2D eigenvalue weighted by molar-refractivity contribution is 7.15. The molecule has 4 aromatic rings. The Hall–Kier alpha value is -2.79. The monoisotopic (exact) mass is 334 g/mol. The number of aromatic nitrogens is 2. The molecule has 0 spiro atoms. The molecule has 24 heavy (non-hydrogen) atoms. The number of hydrogen-bond donors (Lipinski definition) is 0. The number of aryl methyl sites for hydroxylation is 2. The van der Waals surface area contributed by atoms with Gasteiger partial charge in [0.05, 0.1) is 15.6 Å². The Bertz CT molecular complexity index is 1200. The third-order valence-electron chi connectivity index (χ3n) is 4.22. The molecule has 118 valence electrons. The first-order valence-corrected chi connectivity index (χ1v) is 8.37. The van der Waals surface area contributed by atoms with Crippen LogP contribution >= 0.6 is 11.3 Å². The Kier molecular flexibility index (Phi) is 3.32. The lowest BCUT2D eigenvalue weighted by Crippen LogP contribution is -2.22. The van der Waals surface area contributed by atoms with Gasteiger partial charge in [-0.25, -0.2) is 9.38 Å². The van der Waals surface area contributed by atoms with Crippen LogP contribution in [0, 0.1) is 13.8 Å². The van der Waals surface area contributed by atoms with Crippen LogP contribution < -0.4 is 10.1 Å². The molecule has 0 radical (unpaired) electrons. The molecule has 4 rings (SSSR count). The molecule has 0 saturated heterocycles. The van der Waals surface area contributed by atoms with E-state index >= 15 is 0 Å². The molecular formula is C19H14N2O2S. The fourth-order valence-corrected chi connectivity index (χ4v) is 3.73. The summed E-state index contributed by atoms with van der Waals surface area (Å²) in [5.41, 5.74) is 5.47. The summed E-state index contributed by atoms with van der Waals surface area (Å²) in [5.74, 6) is 0. The van der Waals surface area contributed by atoms with E-state index in [9.17, 15) is 9.59 Å². The lowest BCUT2D eigenvalue weighted by molar-refractivity contribution is 0.112. The quantitative estimate of drug-likeness (QED) is 0.530. The first-order chi connectivity index (χ1) is 11.6. The number of imidazole rings is 1. The minimum atomic E-state index is -0.0554. The minimum absolute atomic E-state index is 0.0554. The zero-order chi connectivity index (χ0) is 16.8. The molecule has 2 heterocycles. The smallest absolute Gasteiger partial charge is 0.274 e. The van der Waals surface area contributed by atoms with E-state index in [2.05, 4.69) is 4.98 Å². The maximum Gasteiger partial charge on any atom is 0.274 e. The molecule has 0 N–H and O–H groups in total. The standard InChI is InChI=1S/C19H14N2O2S/c1-11-7-15-16(8-12(11)2)21-18(23)17(24-19(21)20-15)9-13-3-5-14(10-22)6-4-13/h3-10H,1-2H3. The molecule has 0 aliphatic rings. The van der Waals surface area contributed by atoms with Crippen molar-refractivity contribution >= 4 is 39.7 Å². The highest BCUT2D eigenvalue weighted by Gasteiger charge is 2.12. The van der Waals surface area contributed by atoms with Gasteiger partial charge in [-0.2, -0.15) is 0 Å². The van der Waals surface area contributed by atoms with Gasteiger partial charge in [-0.1, -0.05) is 35.6 Å². The molecule has 0 aliphatic carbocycles. The normalized spacial score (nSPS) is 12.3. The Morgan fingerprint density at radius 1 is 1.04 bits per heavy atom. The van der Waals surface area contributed by atoms with E-state index in [1.807, 2.05) is 44.2 Å². The lowest BCUT2D eigenvalue weighted by Gasteiger charge is -1.98. The number of fused-ring (bicyclic) bond motifs is 3. The van der Waals surface area contributed by atoms with Crippen LogP contribution in [0.5, 0.6) is 0 Å². The van der Waals surface area contributed by atoms with Gasteiger partial charge in [0.25, 0.3) is 5.56 Å². The highest BCUT2D eigenvalue weighted by Crippen LogP contribution is 2.20. The van der Waals surface area contributed by atoms with Crippen molar-refractivity contribution in [3.8, 4) is 0 Å². The molecule has 2 aromatic carbocycles. The van der Waals surface area contributed by atoms with Gasteiger partial charge in [0, 0.05) is 5.56 Å². The summed E-state index contributed by atoms with van der Waals surface area (Å²) < 4.78 is 2.31. The number of thiazole rings is 1. The minimum Gasteiger partial charge on any atom is -0.298 e. The number of hydrogen-bond acceptors (Lipinski definition) is 4. The van der Waals surface area contributed by atoms with E-state index in [0.717, 1.165) is 28.4 Å². The second-order valence-corrected chi connectivity index (χ2v) is 6.86. The zero-order valence-corrected chi connectivity index (χ0v) is 14.1. The van der Waals surface area contributed by atoms with Crippen LogP contribution in [-0.2, 0) is 0 Å². The topological polar surface area (TPSA) is 51.4 Å². The van der Waals surface area contributed by atoms with Gasteiger partial charge >= 0.3 is 0 Å². The Morgan fingerprint density at radius 2 is 1.71 bits per heavy atom. The van der Waals surface area contributed by atoms with Crippen molar-refractivity contribution < 1.29 is 4.79 Å². The van der Waals surface area contributed by atoms with Crippen molar-refractivity contribution in [1.82, 2.24) is 9.38 Å². The number of aldehydes is 1. The maximum atomic E-state index is 12.8. The van der Waals surface area contributed by atoms with Gasteiger partial charge < -0.3 is 0 Å². The van der Waals surface area contributed by atoms with Crippen molar-refractivity contribution in [1.29, 1.82) is 0 Å². The summed E-state index contributed by atoms with van der Waals surface area (Å²) in [6.07, 6.45) is 2.64. The van der Waals surface area contributed by atoms with Crippen molar-refractivity contribution in [3.63, 3.8) is 0 Å². The van der Waals surface area contributed by atoms with Crippen LogP contribution in [0.25, 0.3) is 22.1 Å². The van der Waals surface area contributed by atoms with Gasteiger partial charge in [0.2, 0.25) is 0 Å². The van der Waals surface area contributed by atoms with E-state index in [-0.39, 0.29) is 5.56 Å². The van der Waals surface area contributed by atoms with Crippen LogP contribution in [0.2, 0.25) is 0 Å². The molecule has 4 nitrogen and oxygen atoms in total. The van der Waals surface area contributed by atoms with E-state index in [0.29, 0.717) is 15.1 Å². The van der Waals surface area contributed by atoms with Gasteiger partial charge in [0.1, 0.15) is 6.29 Å². The summed E-state index contributed by atoms with van der Waals surface area (Å²) in [5, 5.41) is 0. The molecule has 0 bridgehead atoms. The molecular weight excluding hydrogens is 320 g/mol. The number of rotatable bonds is 2. The second-order valence-electron chi connectivity index (χ2n) is 5.86. The molecule has 0 aliphatic heterocycles. The average Bonchev–Trinajstić information content (AvgIpc) is 3.06. The highest BCUT2D eigenvalue weighted by atomic mass is 32.1. The summed E-state index contributed by atoms with van der Waals surface area (Å²) in [4.78, 5) is 28.8. The Balaban J connectivity index is 1.95. The van der Waals surface area contributed by atoms with Crippen LogP contribution in [0.15, 0.2) is 41.2 Å². The largest absolute Gasteiger partial charge is 0.298 e. The van der Waals surface area contributed by atoms with E-state index in [1.54, 1.807) is 16.5 Å². The molecule has 0 unspecified atom stereocenters. The summed E-state index contributed by atoms with van der Waals surface area (Å²) in [6, 6.07) is 11.2. The van der Waals surface area contributed by atoms with Crippen molar-refractivity contribution in [2.75, 3.05) is 0 Å². The fourth-order valence-electron chi connectivity index (χ4n) is 2.74. The van der Waals surface area contributed by atoms with Gasteiger partial charge in [-0.05, 0) is 48.7 Å². The number of benzene rings is 2. The first-order valence-electron chi connectivity index (χ1n) is 7.56. The molecule has 2 aromatic heterocycles. The number of carbonyl (C=O) groups is 1. The van der Waals surface area contributed by atoms with E-state index in [4.69, 9.17) is 0 Å². The Morgan fingerprint density at radius 3 is 2.42 bits per heavy atom. The van der Waals surface area contributed by atoms with E-state index < -0.39 is 0 Å². The van der Waals surface area contributed by atoms with Crippen LogP contribution in [-0.4, -0.2) is 15.7 Å².